The topological polar surface area (TPSA) is 60.4 Å². The van der Waals surface area contributed by atoms with Crippen LogP contribution in [0.25, 0.3) is 0 Å². The molecule has 0 aromatic heterocycles. The third-order valence-corrected chi connectivity index (χ3v) is 5.16. The Bertz CT molecular complexity index is 607. The van der Waals surface area contributed by atoms with E-state index in [1.165, 1.54) is 12.1 Å². The maximum absolute atomic E-state index is 11.9. The molecule has 0 heterocycles. The molecule has 0 saturated heterocycles. The number of benzene rings is 1. The van der Waals surface area contributed by atoms with Crippen LogP contribution in [-0.2, 0) is 13.8 Å². The number of carbonyl (C=O) groups excluding carboxylic acids is 1. The van der Waals surface area contributed by atoms with Crippen molar-refractivity contribution in [1.82, 2.24) is 0 Å². The Kier molecular flexibility index (Phi) is 4.94. The van der Waals surface area contributed by atoms with Gasteiger partial charge >= 0.3 is 5.97 Å². The monoisotopic (exact) mass is 336 g/mol. The van der Waals surface area contributed by atoms with Crippen molar-refractivity contribution in [3.05, 3.63) is 28.8 Å². The first-order valence-electron chi connectivity index (χ1n) is 6.29. The third kappa shape index (κ3) is 3.87. The second kappa shape index (κ2) is 6.33. The van der Waals surface area contributed by atoms with Crippen LogP contribution in [0.1, 0.15) is 36.0 Å². The zero-order valence-corrected chi connectivity index (χ0v) is 13.0. The number of halogens is 2. The van der Waals surface area contributed by atoms with E-state index >= 15 is 0 Å². The van der Waals surface area contributed by atoms with Crippen LogP contribution in [0.3, 0.4) is 0 Å². The Morgan fingerprint density at radius 2 is 1.95 bits per heavy atom. The first-order chi connectivity index (χ1) is 9.38. The maximum atomic E-state index is 11.9. The lowest BCUT2D eigenvalue weighted by Crippen LogP contribution is -2.12. The largest absolute Gasteiger partial charge is 0.462 e. The van der Waals surface area contributed by atoms with Crippen LogP contribution in [-0.4, -0.2) is 21.0 Å². The van der Waals surface area contributed by atoms with Crippen LogP contribution < -0.4 is 0 Å². The van der Waals surface area contributed by atoms with Gasteiger partial charge in [-0.05, 0) is 37.0 Å². The lowest BCUT2D eigenvalue weighted by Gasteiger charge is -2.10. The van der Waals surface area contributed by atoms with Gasteiger partial charge in [0.05, 0.1) is 17.2 Å². The van der Waals surface area contributed by atoms with Crippen molar-refractivity contribution in [2.45, 2.75) is 30.6 Å². The molecule has 0 amide bonds. The summed E-state index contributed by atoms with van der Waals surface area (Å²) in [5.41, 5.74) is 0.131. The van der Waals surface area contributed by atoms with E-state index in [1.54, 1.807) is 0 Å². The summed E-state index contributed by atoms with van der Waals surface area (Å²) in [5.74, 6) is -0.155. The quantitative estimate of drug-likeness (QED) is 0.622. The minimum atomic E-state index is -3.99. The van der Waals surface area contributed by atoms with E-state index in [1.807, 2.05) is 0 Å². The van der Waals surface area contributed by atoms with E-state index in [9.17, 15) is 13.2 Å². The number of ether oxygens (including phenoxy) is 1. The molecule has 1 saturated carbocycles. The van der Waals surface area contributed by atoms with Gasteiger partial charge in [0.15, 0.2) is 0 Å². The summed E-state index contributed by atoms with van der Waals surface area (Å²) in [6.45, 7) is 0.365. The van der Waals surface area contributed by atoms with Crippen LogP contribution >= 0.6 is 22.3 Å². The predicted molar refractivity (Wildman–Crippen MR) is 76.7 cm³/mol. The van der Waals surface area contributed by atoms with Crippen molar-refractivity contribution in [1.29, 1.82) is 0 Å². The molecule has 110 valence electrons. The van der Waals surface area contributed by atoms with Crippen molar-refractivity contribution in [2.75, 3.05) is 6.61 Å². The van der Waals surface area contributed by atoms with Crippen LogP contribution in [0.15, 0.2) is 23.1 Å². The molecular weight excluding hydrogens is 323 g/mol. The molecule has 7 heteroatoms. The average Bonchev–Trinajstić information content (AvgIpc) is 2.88. The fourth-order valence-corrected chi connectivity index (χ4v) is 3.76. The third-order valence-electron chi connectivity index (χ3n) is 3.35. The van der Waals surface area contributed by atoms with Gasteiger partial charge in [0, 0.05) is 10.7 Å². The van der Waals surface area contributed by atoms with Gasteiger partial charge in [-0.3, -0.25) is 0 Å². The van der Waals surface area contributed by atoms with E-state index < -0.39 is 15.0 Å². The lowest BCUT2D eigenvalue weighted by atomic mass is 10.1. The number of hydrogen-bond donors (Lipinski definition) is 0. The Hall–Kier alpha value is -0.780. The highest BCUT2D eigenvalue weighted by Crippen LogP contribution is 2.27. The second-order valence-corrected chi connectivity index (χ2v) is 7.77. The van der Waals surface area contributed by atoms with Gasteiger partial charge in [-0.25, -0.2) is 13.2 Å². The van der Waals surface area contributed by atoms with Gasteiger partial charge in [0.2, 0.25) is 0 Å². The summed E-state index contributed by atoms with van der Waals surface area (Å²) in [5, 5.41) is -0.0210. The summed E-state index contributed by atoms with van der Waals surface area (Å²) in [7, 11) is 1.27. The molecule has 4 nitrogen and oxygen atoms in total. The molecule has 2 rings (SSSR count). The Labute approximate surface area is 127 Å². The SMILES string of the molecule is O=C(OCC1CCCC1)c1ccc(Cl)c(S(=O)(=O)Cl)c1. The predicted octanol–water partition coefficient (Wildman–Crippen LogP) is 3.61. The van der Waals surface area contributed by atoms with Gasteiger partial charge < -0.3 is 4.74 Å². The first-order valence-corrected chi connectivity index (χ1v) is 8.98. The second-order valence-electron chi connectivity index (χ2n) is 4.83. The van der Waals surface area contributed by atoms with Gasteiger partial charge in [-0.15, -0.1) is 0 Å². The molecule has 0 atom stereocenters. The molecule has 1 aliphatic carbocycles. The van der Waals surface area contributed by atoms with Gasteiger partial charge in [-0.2, -0.15) is 0 Å². The van der Waals surface area contributed by atoms with Gasteiger partial charge in [0.1, 0.15) is 4.90 Å². The van der Waals surface area contributed by atoms with Gasteiger partial charge in [-0.1, -0.05) is 24.4 Å². The highest BCUT2D eigenvalue weighted by Gasteiger charge is 2.20. The Balaban J connectivity index is 2.10. The molecule has 1 fully saturated rings. The van der Waals surface area contributed by atoms with Crippen molar-refractivity contribution in [3.8, 4) is 0 Å². The molecule has 0 radical (unpaired) electrons. The molecular formula is C13H14Cl2O4S. The molecule has 0 N–H and O–H groups in total. The summed E-state index contributed by atoms with van der Waals surface area (Å²) >= 11 is 5.75. The molecule has 0 unspecified atom stereocenters. The van der Waals surface area contributed by atoms with Crippen LogP contribution in [0.5, 0.6) is 0 Å². The summed E-state index contributed by atoms with van der Waals surface area (Å²) in [6.07, 6.45) is 4.46. The molecule has 20 heavy (non-hydrogen) atoms. The minimum absolute atomic E-state index is 0.0210. The van der Waals surface area contributed by atoms with Crippen molar-refractivity contribution in [3.63, 3.8) is 0 Å². The summed E-state index contributed by atoms with van der Waals surface area (Å²) in [4.78, 5) is 11.6. The van der Waals surface area contributed by atoms with Crippen molar-refractivity contribution in [2.24, 2.45) is 5.92 Å². The number of hydrogen-bond acceptors (Lipinski definition) is 4. The average molecular weight is 337 g/mol. The minimum Gasteiger partial charge on any atom is -0.462 e. The smallest absolute Gasteiger partial charge is 0.338 e. The Morgan fingerprint density at radius 3 is 2.55 bits per heavy atom. The van der Waals surface area contributed by atoms with Crippen LogP contribution in [0.4, 0.5) is 0 Å². The maximum Gasteiger partial charge on any atom is 0.338 e. The van der Waals surface area contributed by atoms with E-state index in [-0.39, 0.29) is 15.5 Å². The van der Waals surface area contributed by atoms with E-state index in [0.717, 1.165) is 31.7 Å². The molecule has 0 bridgehead atoms. The highest BCUT2D eigenvalue weighted by molar-refractivity contribution is 8.13. The highest BCUT2D eigenvalue weighted by atomic mass is 35.7. The number of rotatable bonds is 4. The zero-order valence-electron chi connectivity index (χ0n) is 10.6. The fourth-order valence-electron chi connectivity index (χ4n) is 2.27. The zero-order chi connectivity index (χ0) is 14.8. The lowest BCUT2D eigenvalue weighted by molar-refractivity contribution is 0.0442. The van der Waals surface area contributed by atoms with Crippen molar-refractivity contribution < 1.29 is 17.9 Å². The fraction of sp³-hybridized carbons (Fsp3) is 0.462. The summed E-state index contributed by atoms with van der Waals surface area (Å²) in [6, 6.07) is 3.88. The number of esters is 1. The molecule has 1 aromatic rings. The van der Waals surface area contributed by atoms with E-state index in [4.69, 9.17) is 27.0 Å². The van der Waals surface area contributed by atoms with E-state index in [2.05, 4.69) is 0 Å². The normalized spacial score (nSPS) is 16.3. The molecule has 0 spiro atoms. The Morgan fingerprint density at radius 1 is 1.30 bits per heavy atom. The standard InChI is InChI=1S/C13H14Cl2O4S/c14-11-6-5-10(7-12(11)20(15,17)18)13(16)19-8-9-3-1-2-4-9/h5-7,9H,1-4,8H2. The van der Waals surface area contributed by atoms with Gasteiger partial charge in [0.25, 0.3) is 9.05 Å². The molecule has 0 aliphatic heterocycles. The molecule has 1 aliphatic rings. The number of carbonyl (C=O) groups is 1. The van der Waals surface area contributed by atoms with Crippen LogP contribution in [0, 0.1) is 5.92 Å². The van der Waals surface area contributed by atoms with E-state index in [0.29, 0.717) is 12.5 Å². The summed E-state index contributed by atoms with van der Waals surface area (Å²) < 4.78 is 27.8. The van der Waals surface area contributed by atoms with Crippen LogP contribution in [0.2, 0.25) is 5.02 Å². The first kappa shape index (κ1) is 15.6. The molecule has 1 aromatic carbocycles. The van der Waals surface area contributed by atoms with Crippen molar-refractivity contribution >= 4 is 37.3 Å².